The summed E-state index contributed by atoms with van der Waals surface area (Å²) >= 11 is 0. The van der Waals surface area contributed by atoms with Gasteiger partial charge in [-0.3, -0.25) is 0 Å². The Morgan fingerprint density at radius 1 is 0.490 bits per heavy atom. The lowest BCUT2D eigenvalue weighted by atomic mass is 9.82. The van der Waals surface area contributed by atoms with E-state index in [-0.39, 0.29) is 5.92 Å². The van der Waals surface area contributed by atoms with Crippen molar-refractivity contribution < 1.29 is 9.47 Å². The van der Waals surface area contributed by atoms with Crippen LogP contribution in [-0.4, -0.2) is 32.9 Å². The third kappa shape index (κ3) is 6.12. The van der Waals surface area contributed by atoms with Crippen LogP contribution in [0.15, 0.2) is 152 Å². The number of aromatic nitrogens is 1. The predicted octanol–water partition coefficient (Wildman–Crippen LogP) is 10.6. The number of fused-ring (bicyclic) bond motifs is 1. The van der Waals surface area contributed by atoms with Crippen LogP contribution in [-0.2, 0) is 7.05 Å². The van der Waals surface area contributed by atoms with E-state index in [1.165, 1.54) is 38.9 Å². The first-order chi connectivity index (χ1) is 24.0. The highest BCUT2D eigenvalue weighted by molar-refractivity contribution is 5.93. The van der Waals surface area contributed by atoms with Gasteiger partial charge in [0.2, 0.25) is 0 Å². The second-order valence-corrected chi connectivity index (χ2v) is 12.3. The Morgan fingerprint density at radius 2 is 0.898 bits per heavy atom. The van der Waals surface area contributed by atoms with Crippen LogP contribution in [0.3, 0.4) is 0 Å². The Labute approximate surface area is 289 Å². The summed E-state index contributed by atoms with van der Waals surface area (Å²) in [5, 5.41) is 1.26. The molecular weight excluding hydrogens is 603 g/mol. The fourth-order valence-corrected chi connectivity index (χ4v) is 6.88. The van der Waals surface area contributed by atoms with Gasteiger partial charge in [-0.1, -0.05) is 72.8 Å². The summed E-state index contributed by atoms with van der Waals surface area (Å²) in [6, 6.07) is 53.9. The summed E-state index contributed by atoms with van der Waals surface area (Å²) in [6.45, 7) is 0. The molecule has 7 rings (SSSR count). The molecule has 0 aliphatic rings. The Kier molecular flexibility index (Phi) is 8.82. The first kappa shape index (κ1) is 31.6. The summed E-state index contributed by atoms with van der Waals surface area (Å²) < 4.78 is 13.1. The second kappa shape index (κ2) is 13.7. The van der Waals surface area contributed by atoms with Crippen molar-refractivity contribution in [1.82, 2.24) is 4.57 Å². The minimum atomic E-state index is -0.0120. The van der Waals surface area contributed by atoms with Gasteiger partial charge in [-0.15, -0.1) is 0 Å². The topological polar surface area (TPSA) is 29.9 Å². The Balaban J connectivity index is 1.34. The van der Waals surface area contributed by atoms with E-state index in [4.69, 9.17) is 9.47 Å². The average Bonchev–Trinajstić information content (AvgIpc) is 3.46. The smallest absolute Gasteiger partial charge is 0.119 e. The van der Waals surface area contributed by atoms with E-state index in [0.717, 1.165) is 34.2 Å². The molecule has 0 saturated heterocycles. The summed E-state index contributed by atoms with van der Waals surface area (Å²) in [7, 11) is 9.78. The normalized spacial score (nSPS) is 11.1. The van der Waals surface area contributed by atoms with Gasteiger partial charge in [0.15, 0.2) is 0 Å². The molecule has 0 spiro atoms. The lowest BCUT2D eigenvalue weighted by Gasteiger charge is -2.25. The Morgan fingerprint density at radius 3 is 1.35 bits per heavy atom. The van der Waals surface area contributed by atoms with Crippen LogP contribution in [0.1, 0.15) is 22.6 Å². The molecule has 5 heteroatoms. The van der Waals surface area contributed by atoms with Crippen LogP contribution in [0, 0.1) is 0 Å². The molecule has 0 saturated carbocycles. The standard InChI is InChI=1S/C44H41N3O2/c1-45(36-23-27-38(48-4)28-24-36)34-19-15-31(16-20-34)42(32-17-21-35(22-18-32)46(2)37-25-29-39(49-5)30-26-37)43-40-13-9-10-14-41(40)47(3)44(43)33-11-7-6-8-12-33/h6-30,42H,1-5H3. The highest BCUT2D eigenvalue weighted by Gasteiger charge is 2.27. The molecule has 6 aromatic carbocycles. The number of ether oxygens (including phenoxy) is 2. The van der Waals surface area contributed by atoms with Crippen LogP contribution in [0.5, 0.6) is 11.5 Å². The van der Waals surface area contributed by atoms with Crippen molar-refractivity contribution >= 4 is 33.7 Å². The van der Waals surface area contributed by atoms with Crippen molar-refractivity contribution in [3.63, 3.8) is 0 Å². The second-order valence-electron chi connectivity index (χ2n) is 12.3. The number of rotatable bonds is 10. The molecule has 1 aromatic heterocycles. The summed E-state index contributed by atoms with van der Waals surface area (Å²) in [5.41, 5.74) is 11.8. The van der Waals surface area contributed by atoms with Crippen molar-refractivity contribution in [2.24, 2.45) is 7.05 Å². The molecular formula is C44H41N3O2. The van der Waals surface area contributed by atoms with Gasteiger partial charge >= 0.3 is 0 Å². The van der Waals surface area contributed by atoms with E-state index in [1.54, 1.807) is 14.2 Å². The first-order valence-corrected chi connectivity index (χ1v) is 16.5. The highest BCUT2D eigenvalue weighted by Crippen LogP contribution is 2.44. The van der Waals surface area contributed by atoms with Crippen molar-refractivity contribution in [2.45, 2.75) is 5.92 Å². The maximum atomic E-state index is 5.38. The molecule has 0 N–H and O–H groups in total. The van der Waals surface area contributed by atoms with Gasteiger partial charge in [0.1, 0.15) is 11.5 Å². The Bertz CT molecular complexity index is 2060. The number of methoxy groups -OCH3 is 2. The zero-order valence-electron chi connectivity index (χ0n) is 28.7. The van der Waals surface area contributed by atoms with Gasteiger partial charge < -0.3 is 23.8 Å². The van der Waals surface area contributed by atoms with Crippen LogP contribution < -0.4 is 19.3 Å². The van der Waals surface area contributed by atoms with Crippen molar-refractivity contribution in [3.8, 4) is 22.8 Å². The molecule has 0 radical (unpaired) electrons. The highest BCUT2D eigenvalue weighted by atomic mass is 16.5. The fraction of sp³-hybridized carbons (Fsp3) is 0.136. The maximum Gasteiger partial charge on any atom is 0.119 e. The molecule has 1 heterocycles. The number of hydrogen-bond donors (Lipinski definition) is 0. The van der Waals surface area contributed by atoms with Crippen molar-refractivity contribution in [2.75, 3.05) is 38.1 Å². The molecule has 7 aromatic rings. The van der Waals surface area contributed by atoms with Crippen LogP contribution in [0.4, 0.5) is 22.7 Å². The number of anilines is 4. The largest absolute Gasteiger partial charge is 0.497 e. The number of aryl methyl sites for hydroxylation is 1. The first-order valence-electron chi connectivity index (χ1n) is 16.5. The SMILES string of the molecule is COc1ccc(N(C)c2ccc(C(c3ccc(N(C)c4ccc(OC)cc4)cc3)c3c(-c4ccccc4)n(C)c4ccccc34)cc2)cc1. The molecule has 0 aliphatic heterocycles. The van der Waals surface area contributed by atoms with Crippen LogP contribution in [0.25, 0.3) is 22.2 Å². The van der Waals surface area contributed by atoms with E-state index in [1.807, 2.05) is 24.3 Å². The molecule has 0 aliphatic carbocycles. The predicted molar refractivity (Wildman–Crippen MR) is 204 cm³/mol. The van der Waals surface area contributed by atoms with Crippen molar-refractivity contribution in [3.05, 3.63) is 168 Å². The van der Waals surface area contributed by atoms with Crippen LogP contribution in [0.2, 0.25) is 0 Å². The van der Waals surface area contributed by atoms with Gasteiger partial charge in [-0.25, -0.2) is 0 Å². The zero-order valence-corrected chi connectivity index (χ0v) is 28.7. The van der Waals surface area contributed by atoms with Gasteiger partial charge in [0.25, 0.3) is 0 Å². The Hall–Kier alpha value is -5.94. The van der Waals surface area contributed by atoms with E-state index >= 15 is 0 Å². The van der Waals surface area contributed by atoms with E-state index in [0.29, 0.717) is 0 Å². The number of para-hydroxylation sites is 1. The molecule has 0 atom stereocenters. The molecule has 0 bridgehead atoms. The summed E-state index contributed by atoms with van der Waals surface area (Å²) in [6.07, 6.45) is 0. The number of benzene rings is 6. The third-order valence-corrected chi connectivity index (χ3v) is 9.63. The van der Waals surface area contributed by atoms with E-state index < -0.39 is 0 Å². The van der Waals surface area contributed by atoms with E-state index in [2.05, 4.69) is 163 Å². The maximum absolute atomic E-state index is 5.38. The zero-order chi connectivity index (χ0) is 33.9. The van der Waals surface area contributed by atoms with Gasteiger partial charge in [0, 0.05) is 60.7 Å². The third-order valence-electron chi connectivity index (χ3n) is 9.63. The van der Waals surface area contributed by atoms with Gasteiger partial charge in [-0.2, -0.15) is 0 Å². The quantitative estimate of drug-likeness (QED) is 0.148. The summed E-state index contributed by atoms with van der Waals surface area (Å²) in [5.74, 6) is 1.68. The van der Waals surface area contributed by atoms with Crippen LogP contribution >= 0.6 is 0 Å². The molecule has 49 heavy (non-hydrogen) atoms. The molecule has 244 valence electrons. The summed E-state index contributed by atoms with van der Waals surface area (Å²) in [4.78, 5) is 4.41. The lowest BCUT2D eigenvalue weighted by Crippen LogP contribution is -2.11. The monoisotopic (exact) mass is 643 g/mol. The number of hydrogen-bond acceptors (Lipinski definition) is 4. The molecule has 5 nitrogen and oxygen atoms in total. The number of nitrogens with zero attached hydrogens (tertiary/aromatic N) is 3. The molecule has 0 fully saturated rings. The van der Waals surface area contributed by atoms with E-state index in [9.17, 15) is 0 Å². The molecule has 0 unspecified atom stereocenters. The van der Waals surface area contributed by atoms with Gasteiger partial charge in [0.05, 0.1) is 19.9 Å². The minimum Gasteiger partial charge on any atom is -0.497 e. The van der Waals surface area contributed by atoms with Gasteiger partial charge in [-0.05, 0) is 101 Å². The fourth-order valence-electron chi connectivity index (χ4n) is 6.88. The van der Waals surface area contributed by atoms with Crippen molar-refractivity contribution in [1.29, 1.82) is 0 Å². The lowest BCUT2D eigenvalue weighted by molar-refractivity contribution is 0.414. The minimum absolute atomic E-state index is 0.0120. The molecule has 0 amide bonds. The average molecular weight is 644 g/mol.